The van der Waals surface area contributed by atoms with Gasteiger partial charge in [-0.1, -0.05) is 39.5 Å². The molecule has 0 aliphatic rings. The van der Waals surface area contributed by atoms with Crippen LogP contribution in [-0.4, -0.2) is 10.1 Å². The van der Waals surface area contributed by atoms with Gasteiger partial charge in [-0.05, 0) is 30.5 Å². The first kappa shape index (κ1) is 13.2. The lowest BCUT2D eigenvalue weighted by molar-refractivity contribution is 0.0140. The maximum absolute atomic E-state index is 10.7. The largest absolute Gasteiger partial charge is 0.385 e. The first-order chi connectivity index (χ1) is 7.73. The molecule has 1 aromatic heterocycles. The molecule has 0 fully saturated rings. The van der Waals surface area contributed by atoms with Gasteiger partial charge >= 0.3 is 0 Å². The monoisotopic (exact) mass is 221 g/mol. The summed E-state index contributed by atoms with van der Waals surface area (Å²) >= 11 is 0. The summed E-state index contributed by atoms with van der Waals surface area (Å²) in [5.74, 6) is 0. The highest BCUT2D eigenvalue weighted by Crippen LogP contribution is 2.32. The van der Waals surface area contributed by atoms with Gasteiger partial charge in [0.2, 0.25) is 0 Å². The summed E-state index contributed by atoms with van der Waals surface area (Å²) in [7, 11) is 0. The lowest BCUT2D eigenvalue weighted by atomic mass is 9.85. The van der Waals surface area contributed by atoms with Gasteiger partial charge in [-0.25, -0.2) is 0 Å². The minimum atomic E-state index is -0.644. The Labute approximate surface area is 98.7 Å². The van der Waals surface area contributed by atoms with E-state index in [0.717, 1.165) is 44.1 Å². The fourth-order valence-corrected chi connectivity index (χ4v) is 2.01. The zero-order valence-electron chi connectivity index (χ0n) is 10.4. The molecule has 16 heavy (non-hydrogen) atoms. The van der Waals surface area contributed by atoms with Crippen LogP contribution in [0.2, 0.25) is 0 Å². The normalized spacial score (nSPS) is 11.7. The zero-order chi connectivity index (χ0) is 11.9. The minimum absolute atomic E-state index is 0.644. The van der Waals surface area contributed by atoms with Crippen molar-refractivity contribution in [3.05, 3.63) is 30.1 Å². The number of nitrogens with zero attached hydrogens (tertiary/aromatic N) is 1. The molecule has 0 amide bonds. The maximum Gasteiger partial charge on any atom is 0.0897 e. The van der Waals surface area contributed by atoms with Crippen LogP contribution in [0.15, 0.2) is 24.5 Å². The van der Waals surface area contributed by atoms with Gasteiger partial charge in [0.1, 0.15) is 0 Å². The highest BCUT2D eigenvalue weighted by molar-refractivity contribution is 5.18. The number of pyridine rings is 1. The summed E-state index contributed by atoms with van der Waals surface area (Å²) in [6.07, 6.45) is 9.63. The average molecular weight is 221 g/mol. The third kappa shape index (κ3) is 3.60. The van der Waals surface area contributed by atoms with Gasteiger partial charge in [0.15, 0.2) is 0 Å². The molecule has 0 unspecified atom stereocenters. The lowest BCUT2D eigenvalue weighted by Gasteiger charge is -2.28. The highest BCUT2D eigenvalue weighted by atomic mass is 16.3. The Morgan fingerprint density at radius 2 is 1.56 bits per heavy atom. The molecular weight excluding hydrogens is 198 g/mol. The highest BCUT2D eigenvalue weighted by Gasteiger charge is 2.27. The molecular formula is C14H23NO. The number of unbranched alkanes of at least 4 members (excludes halogenated alkanes) is 2. The Hall–Kier alpha value is -0.890. The second kappa shape index (κ2) is 6.64. The predicted octanol–water partition coefficient (Wildman–Crippen LogP) is 3.65. The Morgan fingerprint density at radius 1 is 1.06 bits per heavy atom. The van der Waals surface area contributed by atoms with Gasteiger partial charge in [0.25, 0.3) is 0 Å². The molecule has 0 aromatic carbocycles. The van der Waals surface area contributed by atoms with Crippen LogP contribution < -0.4 is 0 Å². The molecule has 0 spiro atoms. The topological polar surface area (TPSA) is 33.1 Å². The molecule has 2 nitrogen and oxygen atoms in total. The van der Waals surface area contributed by atoms with E-state index in [2.05, 4.69) is 18.8 Å². The summed E-state index contributed by atoms with van der Waals surface area (Å²) in [5.41, 5.74) is 0.374. The van der Waals surface area contributed by atoms with Gasteiger partial charge in [-0.15, -0.1) is 0 Å². The second-order valence-corrected chi connectivity index (χ2v) is 4.47. The Morgan fingerprint density at radius 3 is 2.00 bits per heavy atom. The van der Waals surface area contributed by atoms with Crippen molar-refractivity contribution in [1.29, 1.82) is 0 Å². The van der Waals surface area contributed by atoms with E-state index in [-0.39, 0.29) is 0 Å². The fourth-order valence-electron chi connectivity index (χ4n) is 2.01. The van der Waals surface area contributed by atoms with Crippen molar-refractivity contribution in [2.75, 3.05) is 0 Å². The van der Waals surface area contributed by atoms with Crippen molar-refractivity contribution in [3.8, 4) is 0 Å². The molecule has 0 saturated carbocycles. The summed E-state index contributed by atoms with van der Waals surface area (Å²) in [5, 5.41) is 10.7. The van der Waals surface area contributed by atoms with Crippen LogP contribution in [-0.2, 0) is 5.60 Å². The van der Waals surface area contributed by atoms with Crippen LogP contribution in [0.5, 0.6) is 0 Å². The maximum atomic E-state index is 10.7. The molecule has 0 atom stereocenters. The van der Waals surface area contributed by atoms with Crippen molar-refractivity contribution in [2.24, 2.45) is 0 Å². The number of hydrogen-bond donors (Lipinski definition) is 1. The molecule has 1 aromatic rings. The van der Waals surface area contributed by atoms with Crippen LogP contribution in [0.3, 0.4) is 0 Å². The van der Waals surface area contributed by atoms with E-state index in [1.54, 1.807) is 12.4 Å². The van der Waals surface area contributed by atoms with Crippen molar-refractivity contribution >= 4 is 0 Å². The van der Waals surface area contributed by atoms with Gasteiger partial charge in [0, 0.05) is 12.4 Å². The van der Waals surface area contributed by atoms with Crippen LogP contribution >= 0.6 is 0 Å². The lowest BCUT2D eigenvalue weighted by Crippen LogP contribution is -2.25. The van der Waals surface area contributed by atoms with E-state index >= 15 is 0 Å². The molecule has 2 heteroatoms. The number of rotatable bonds is 7. The summed E-state index contributed by atoms with van der Waals surface area (Å²) in [6.45, 7) is 4.32. The van der Waals surface area contributed by atoms with Crippen molar-refractivity contribution < 1.29 is 5.11 Å². The Bertz CT molecular complexity index is 276. The number of aliphatic hydroxyl groups is 1. The molecule has 0 radical (unpaired) electrons. The van der Waals surface area contributed by atoms with E-state index in [1.807, 2.05) is 12.1 Å². The standard InChI is InChI=1S/C14H23NO/c1-3-5-9-14(16,10-6-4-2)13-7-11-15-12-8-13/h7-8,11-12,16H,3-6,9-10H2,1-2H3. The molecule has 1 heterocycles. The predicted molar refractivity (Wildman–Crippen MR) is 67.2 cm³/mol. The number of hydrogen-bond acceptors (Lipinski definition) is 2. The van der Waals surface area contributed by atoms with E-state index in [9.17, 15) is 5.11 Å². The van der Waals surface area contributed by atoms with Crippen LogP contribution in [0.25, 0.3) is 0 Å². The molecule has 90 valence electrons. The van der Waals surface area contributed by atoms with Gasteiger partial charge in [-0.2, -0.15) is 0 Å². The van der Waals surface area contributed by atoms with Gasteiger partial charge < -0.3 is 5.11 Å². The first-order valence-corrected chi connectivity index (χ1v) is 6.36. The smallest absolute Gasteiger partial charge is 0.0897 e. The second-order valence-electron chi connectivity index (χ2n) is 4.47. The molecule has 0 bridgehead atoms. The molecule has 0 saturated heterocycles. The summed E-state index contributed by atoms with van der Waals surface area (Å²) < 4.78 is 0. The van der Waals surface area contributed by atoms with Crippen LogP contribution in [0.4, 0.5) is 0 Å². The van der Waals surface area contributed by atoms with Gasteiger partial charge in [0.05, 0.1) is 5.60 Å². The van der Waals surface area contributed by atoms with Crippen molar-refractivity contribution in [2.45, 2.75) is 58.0 Å². The average Bonchev–Trinajstić information content (AvgIpc) is 2.35. The third-order valence-corrected chi connectivity index (χ3v) is 3.11. The quantitative estimate of drug-likeness (QED) is 0.762. The molecule has 1 rings (SSSR count). The molecule has 0 aliphatic carbocycles. The molecule has 1 N–H and O–H groups in total. The number of aromatic nitrogens is 1. The molecule has 0 aliphatic heterocycles. The van der Waals surface area contributed by atoms with E-state index < -0.39 is 5.60 Å². The van der Waals surface area contributed by atoms with E-state index in [0.29, 0.717) is 0 Å². The zero-order valence-corrected chi connectivity index (χ0v) is 10.4. The van der Waals surface area contributed by atoms with Crippen molar-refractivity contribution in [1.82, 2.24) is 4.98 Å². The Balaban J connectivity index is 2.77. The van der Waals surface area contributed by atoms with E-state index in [4.69, 9.17) is 0 Å². The van der Waals surface area contributed by atoms with Gasteiger partial charge in [-0.3, -0.25) is 4.98 Å². The van der Waals surface area contributed by atoms with Crippen LogP contribution in [0, 0.1) is 0 Å². The summed E-state index contributed by atoms with van der Waals surface area (Å²) in [6, 6.07) is 3.87. The minimum Gasteiger partial charge on any atom is -0.385 e. The van der Waals surface area contributed by atoms with Crippen LogP contribution in [0.1, 0.15) is 57.9 Å². The van der Waals surface area contributed by atoms with E-state index in [1.165, 1.54) is 0 Å². The van der Waals surface area contributed by atoms with Crippen molar-refractivity contribution in [3.63, 3.8) is 0 Å². The Kier molecular flexibility index (Phi) is 5.47. The first-order valence-electron chi connectivity index (χ1n) is 6.36. The fraction of sp³-hybridized carbons (Fsp3) is 0.643. The SMILES string of the molecule is CCCCC(O)(CCCC)c1ccncc1. The third-order valence-electron chi connectivity index (χ3n) is 3.11. The summed E-state index contributed by atoms with van der Waals surface area (Å²) in [4.78, 5) is 4.01.